The molecule has 6 nitrogen and oxygen atoms in total. The summed E-state index contributed by atoms with van der Waals surface area (Å²) in [6.45, 7) is 13.0. The minimum absolute atomic E-state index is 0.0466. The van der Waals surface area contributed by atoms with E-state index in [1.165, 1.54) is 32.7 Å². The van der Waals surface area contributed by atoms with Gasteiger partial charge < -0.3 is 19.3 Å². The summed E-state index contributed by atoms with van der Waals surface area (Å²) in [5.74, 6) is 1.56. The number of hydrogen-bond donors (Lipinski definition) is 0. The number of piperidine rings is 1. The zero-order valence-electron chi connectivity index (χ0n) is 19.3. The lowest BCUT2D eigenvalue weighted by atomic mass is 9.81. The van der Waals surface area contributed by atoms with Crippen molar-refractivity contribution < 1.29 is 14.3 Å². The van der Waals surface area contributed by atoms with Gasteiger partial charge in [-0.15, -0.1) is 0 Å². The minimum atomic E-state index is -0.0466. The lowest BCUT2D eigenvalue weighted by molar-refractivity contribution is -0.151. The highest BCUT2D eigenvalue weighted by Gasteiger charge is 2.42. The highest BCUT2D eigenvalue weighted by molar-refractivity contribution is 5.77. The molecule has 0 saturated carbocycles. The normalized spacial score (nSPS) is 25.1. The molecule has 1 atom stereocenters. The van der Waals surface area contributed by atoms with Gasteiger partial charge in [-0.1, -0.05) is 32.0 Å². The molecule has 3 saturated heterocycles. The number of para-hydroxylation sites is 1. The van der Waals surface area contributed by atoms with Crippen LogP contribution in [0, 0.1) is 5.92 Å². The topological polar surface area (TPSA) is 45.2 Å². The van der Waals surface area contributed by atoms with E-state index in [2.05, 4.69) is 23.6 Å². The Morgan fingerprint density at radius 2 is 1.81 bits per heavy atom. The van der Waals surface area contributed by atoms with Gasteiger partial charge in [-0.05, 0) is 43.7 Å². The van der Waals surface area contributed by atoms with Crippen LogP contribution in [0.5, 0.6) is 5.75 Å². The van der Waals surface area contributed by atoms with E-state index in [-0.39, 0.29) is 18.1 Å². The molecule has 0 aromatic heterocycles. The van der Waals surface area contributed by atoms with Gasteiger partial charge in [-0.3, -0.25) is 9.69 Å². The number of carbonyl (C=O) groups is 1. The number of likely N-dealkylation sites (tertiary alicyclic amines) is 1. The molecule has 0 radical (unpaired) electrons. The zero-order valence-corrected chi connectivity index (χ0v) is 19.3. The average molecular weight is 430 g/mol. The lowest BCUT2D eigenvalue weighted by Gasteiger charge is -2.49. The number of amides is 1. The quantitative estimate of drug-likeness (QED) is 0.696. The highest BCUT2D eigenvalue weighted by Crippen LogP contribution is 2.37. The van der Waals surface area contributed by atoms with Crippen LogP contribution in [0.15, 0.2) is 30.3 Å². The van der Waals surface area contributed by atoms with E-state index in [4.69, 9.17) is 9.47 Å². The summed E-state index contributed by atoms with van der Waals surface area (Å²) < 4.78 is 12.0. The molecule has 6 heteroatoms. The molecule has 1 spiro atoms. The third-order valence-electron chi connectivity index (χ3n) is 7.15. The molecule has 0 unspecified atom stereocenters. The van der Waals surface area contributed by atoms with Crippen LogP contribution >= 0.6 is 0 Å². The van der Waals surface area contributed by atoms with Gasteiger partial charge in [0.2, 0.25) is 0 Å². The first-order valence-electron chi connectivity index (χ1n) is 12.1. The zero-order chi connectivity index (χ0) is 21.7. The summed E-state index contributed by atoms with van der Waals surface area (Å²) in [6.07, 6.45) is 4.13. The molecular weight excluding hydrogens is 390 g/mol. The molecule has 4 rings (SSSR count). The predicted octanol–water partition coefficient (Wildman–Crippen LogP) is 2.88. The van der Waals surface area contributed by atoms with Gasteiger partial charge in [0.1, 0.15) is 5.75 Å². The first-order valence-corrected chi connectivity index (χ1v) is 12.1. The van der Waals surface area contributed by atoms with E-state index < -0.39 is 0 Å². The van der Waals surface area contributed by atoms with Crippen LogP contribution in [-0.4, -0.2) is 91.3 Å². The van der Waals surface area contributed by atoms with Crippen LogP contribution in [0.25, 0.3) is 0 Å². The molecule has 3 heterocycles. The summed E-state index contributed by atoms with van der Waals surface area (Å²) in [4.78, 5) is 19.9. The fourth-order valence-electron chi connectivity index (χ4n) is 5.41. The number of rotatable bonds is 6. The van der Waals surface area contributed by atoms with Gasteiger partial charge in [0.15, 0.2) is 6.61 Å². The second-order valence-electron chi connectivity index (χ2n) is 9.89. The van der Waals surface area contributed by atoms with Crippen molar-refractivity contribution >= 4 is 5.91 Å². The largest absolute Gasteiger partial charge is 0.484 e. The van der Waals surface area contributed by atoms with Crippen LogP contribution in [0.1, 0.15) is 39.5 Å². The Bertz CT molecular complexity index is 695. The van der Waals surface area contributed by atoms with Gasteiger partial charge in [0, 0.05) is 58.5 Å². The molecule has 172 valence electrons. The number of ether oxygens (including phenoxy) is 2. The van der Waals surface area contributed by atoms with E-state index >= 15 is 0 Å². The first-order chi connectivity index (χ1) is 15.0. The number of piperazine rings is 1. The summed E-state index contributed by atoms with van der Waals surface area (Å²) in [5, 5.41) is 0. The summed E-state index contributed by atoms with van der Waals surface area (Å²) in [5.41, 5.74) is -0.0466. The Hall–Kier alpha value is -1.63. The molecule has 0 aliphatic carbocycles. The van der Waals surface area contributed by atoms with Gasteiger partial charge >= 0.3 is 0 Å². The summed E-state index contributed by atoms with van der Waals surface area (Å²) in [7, 11) is 0. The molecule has 1 aromatic rings. The van der Waals surface area contributed by atoms with Crippen LogP contribution in [0.2, 0.25) is 0 Å². The number of benzene rings is 1. The molecule has 3 fully saturated rings. The molecule has 1 amide bonds. The fraction of sp³-hybridized carbons (Fsp3) is 0.720. The average Bonchev–Trinajstić information content (AvgIpc) is 2.79. The van der Waals surface area contributed by atoms with E-state index in [0.717, 1.165) is 57.0 Å². The fourth-order valence-corrected chi connectivity index (χ4v) is 5.41. The molecule has 0 N–H and O–H groups in total. The van der Waals surface area contributed by atoms with Gasteiger partial charge in [-0.2, -0.15) is 0 Å². The van der Waals surface area contributed by atoms with Crippen LogP contribution in [0.4, 0.5) is 0 Å². The Morgan fingerprint density at radius 1 is 1.10 bits per heavy atom. The monoisotopic (exact) mass is 429 g/mol. The SMILES string of the molecule is CC(C)CN1CCN([C@H]2CCOC3(CCN(C(=O)COc4ccccc4)CC3)C2)CC1. The Balaban J connectivity index is 1.23. The number of carbonyl (C=O) groups excluding carboxylic acids is 1. The van der Waals surface area contributed by atoms with Gasteiger partial charge in [0.05, 0.1) is 5.60 Å². The maximum Gasteiger partial charge on any atom is 0.260 e. The smallest absolute Gasteiger partial charge is 0.260 e. The predicted molar refractivity (Wildman–Crippen MR) is 122 cm³/mol. The van der Waals surface area contributed by atoms with E-state index in [9.17, 15) is 4.79 Å². The van der Waals surface area contributed by atoms with Gasteiger partial charge in [0.25, 0.3) is 5.91 Å². The third-order valence-corrected chi connectivity index (χ3v) is 7.15. The second-order valence-corrected chi connectivity index (χ2v) is 9.89. The molecule has 0 bridgehead atoms. The van der Waals surface area contributed by atoms with Crippen LogP contribution in [-0.2, 0) is 9.53 Å². The van der Waals surface area contributed by atoms with Crippen molar-refractivity contribution in [2.24, 2.45) is 5.92 Å². The minimum Gasteiger partial charge on any atom is -0.484 e. The Morgan fingerprint density at radius 3 is 2.48 bits per heavy atom. The van der Waals surface area contributed by atoms with Crippen molar-refractivity contribution in [3.8, 4) is 5.75 Å². The molecule has 1 aromatic carbocycles. The van der Waals surface area contributed by atoms with Crippen molar-refractivity contribution in [1.29, 1.82) is 0 Å². The number of hydrogen-bond acceptors (Lipinski definition) is 5. The van der Waals surface area contributed by atoms with E-state index in [1.54, 1.807) is 0 Å². The Labute approximate surface area is 187 Å². The van der Waals surface area contributed by atoms with Crippen molar-refractivity contribution in [2.75, 3.05) is 59.0 Å². The van der Waals surface area contributed by atoms with Crippen molar-refractivity contribution in [2.45, 2.75) is 51.2 Å². The third kappa shape index (κ3) is 5.99. The van der Waals surface area contributed by atoms with Crippen LogP contribution in [0.3, 0.4) is 0 Å². The molecule has 3 aliphatic rings. The lowest BCUT2D eigenvalue weighted by Crippen LogP contribution is -2.57. The maximum absolute atomic E-state index is 12.6. The first kappa shape index (κ1) is 22.6. The van der Waals surface area contributed by atoms with Gasteiger partial charge in [-0.25, -0.2) is 0 Å². The Kier molecular flexibility index (Phi) is 7.51. The maximum atomic E-state index is 12.6. The van der Waals surface area contributed by atoms with E-state index in [0.29, 0.717) is 6.04 Å². The molecule has 31 heavy (non-hydrogen) atoms. The number of nitrogens with zero attached hydrogens (tertiary/aromatic N) is 3. The molecule has 3 aliphatic heterocycles. The van der Waals surface area contributed by atoms with Crippen LogP contribution < -0.4 is 4.74 Å². The highest BCUT2D eigenvalue weighted by atomic mass is 16.5. The van der Waals surface area contributed by atoms with Crippen molar-refractivity contribution in [1.82, 2.24) is 14.7 Å². The van der Waals surface area contributed by atoms with Crippen molar-refractivity contribution in [3.05, 3.63) is 30.3 Å². The molecular formula is C25H39N3O3. The second kappa shape index (κ2) is 10.3. The summed E-state index contributed by atoms with van der Waals surface area (Å²) in [6, 6.07) is 10.2. The summed E-state index contributed by atoms with van der Waals surface area (Å²) >= 11 is 0. The van der Waals surface area contributed by atoms with Crippen molar-refractivity contribution in [3.63, 3.8) is 0 Å². The van der Waals surface area contributed by atoms with E-state index in [1.807, 2.05) is 35.2 Å². The standard InChI is InChI=1S/C25H39N3O3/c1-21(2)19-26-13-15-27(16-14-26)22-8-17-31-25(18-22)9-11-28(12-10-25)24(29)20-30-23-6-4-3-5-7-23/h3-7,21-22H,8-20H2,1-2H3/t22-/m0/s1.